The minimum atomic E-state index is 0.425. The lowest BCUT2D eigenvalue weighted by Gasteiger charge is -2.12. The van der Waals surface area contributed by atoms with Crippen molar-refractivity contribution in [2.24, 2.45) is 0 Å². The first-order valence-electron chi connectivity index (χ1n) is 8.08. The number of nitrogen functional groups attached to an aromatic ring is 1. The summed E-state index contributed by atoms with van der Waals surface area (Å²) in [4.78, 5) is 14.6. The van der Waals surface area contributed by atoms with Crippen LogP contribution >= 0.6 is 11.8 Å². The van der Waals surface area contributed by atoms with Crippen molar-refractivity contribution in [3.05, 3.63) is 36.7 Å². The molecule has 1 aromatic rings. The summed E-state index contributed by atoms with van der Waals surface area (Å²) in [5, 5.41) is 4.11. The first kappa shape index (κ1) is 16.7. The molecule has 0 unspecified atom stereocenters. The minimum absolute atomic E-state index is 0.425. The minimum Gasteiger partial charge on any atom is -0.382 e. The monoisotopic (exact) mass is 342 g/mol. The summed E-state index contributed by atoms with van der Waals surface area (Å²) in [5.74, 6) is 1.22. The van der Waals surface area contributed by atoms with Gasteiger partial charge in [0.05, 0.1) is 6.33 Å². The van der Waals surface area contributed by atoms with Gasteiger partial charge in [-0.2, -0.15) is 0 Å². The fourth-order valence-electron chi connectivity index (χ4n) is 2.38. The summed E-state index contributed by atoms with van der Waals surface area (Å²) in [7, 11) is 0. The number of nitrogens with two attached hydrogens (primary N) is 1. The van der Waals surface area contributed by atoms with Gasteiger partial charge in [-0.1, -0.05) is 32.0 Å². The van der Waals surface area contributed by atoms with E-state index in [1.54, 1.807) is 6.33 Å². The topological polar surface area (TPSA) is 81.7 Å². The van der Waals surface area contributed by atoms with E-state index < -0.39 is 0 Å². The second-order valence-electron chi connectivity index (χ2n) is 5.88. The maximum Gasteiger partial charge on any atom is 0.195 e. The largest absolute Gasteiger partial charge is 0.382 e. The normalized spacial score (nSPS) is 11.5. The second-order valence-corrected chi connectivity index (χ2v) is 6.92. The van der Waals surface area contributed by atoms with Crippen molar-refractivity contribution in [3.63, 3.8) is 0 Å². The molecule has 0 saturated heterocycles. The van der Waals surface area contributed by atoms with Gasteiger partial charge in [0.25, 0.3) is 0 Å². The molecule has 3 rings (SSSR count). The zero-order chi connectivity index (χ0) is 16.9. The van der Waals surface area contributed by atoms with E-state index in [1.165, 1.54) is 11.8 Å². The summed E-state index contributed by atoms with van der Waals surface area (Å²) in [6, 6.07) is 10.6. The molecule has 1 aromatic carbocycles. The number of benzene rings is 1. The van der Waals surface area contributed by atoms with Crippen LogP contribution in [0.25, 0.3) is 11.5 Å². The van der Waals surface area contributed by atoms with Crippen LogP contribution in [-0.4, -0.2) is 32.1 Å². The van der Waals surface area contributed by atoms with Crippen LogP contribution in [0.15, 0.2) is 46.7 Å². The molecular formula is C17H22N6S. The van der Waals surface area contributed by atoms with Gasteiger partial charge in [-0.3, -0.25) is 0 Å². The van der Waals surface area contributed by atoms with Gasteiger partial charge in [0.2, 0.25) is 0 Å². The lowest BCUT2D eigenvalue weighted by molar-refractivity contribution is 0.532. The average molecular weight is 342 g/mol. The Morgan fingerprint density at radius 2 is 2.00 bits per heavy atom. The van der Waals surface area contributed by atoms with Crippen molar-refractivity contribution in [1.29, 1.82) is 0 Å². The number of nitrogens with one attached hydrogen (secondary N) is 1. The van der Waals surface area contributed by atoms with Gasteiger partial charge in [0.1, 0.15) is 0 Å². The Kier molecular flexibility index (Phi) is 5.32. The second kappa shape index (κ2) is 7.63. The van der Waals surface area contributed by atoms with Gasteiger partial charge in [-0.15, -0.1) is 0 Å². The molecule has 24 heavy (non-hydrogen) atoms. The molecular weight excluding hydrogens is 320 g/mol. The SMILES string of the molecule is CC(C)NCCCn1cnc(N)c2nc(Sc3ccccc3)nc1-2. The van der Waals surface area contributed by atoms with Crippen molar-refractivity contribution in [3.8, 4) is 11.5 Å². The van der Waals surface area contributed by atoms with Crippen LogP contribution in [0.3, 0.4) is 0 Å². The Hall–Kier alpha value is -2.12. The standard InChI is InChI=1S/C17H22N6S/c1-12(2)19-9-6-10-23-11-20-15(18)14-16(23)22-17(21-14)24-13-7-4-3-5-8-13/h3-5,7-8,11-12,19H,6,9-10,18H2,1-2H3. The number of aryl methyl sites for hydroxylation is 1. The van der Waals surface area contributed by atoms with Gasteiger partial charge in [0, 0.05) is 17.5 Å². The molecule has 0 atom stereocenters. The molecule has 2 aliphatic rings. The summed E-state index contributed by atoms with van der Waals surface area (Å²) in [6.45, 7) is 6.08. The number of aromatic nitrogens is 4. The molecule has 0 aromatic heterocycles. The Balaban J connectivity index is 1.77. The molecule has 0 aliphatic carbocycles. The number of hydrogen-bond donors (Lipinski definition) is 2. The van der Waals surface area contributed by atoms with E-state index in [0.717, 1.165) is 30.2 Å². The van der Waals surface area contributed by atoms with Crippen LogP contribution < -0.4 is 11.1 Å². The highest BCUT2D eigenvalue weighted by Crippen LogP contribution is 2.31. The highest BCUT2D eigenvalue weighted by atomic mass is 32.2. The first-order valence-corrected chi connectivity index (χ1v) is 8.90. The Labute approximate surface area is 146 Å². The molecule has 0 amide bonds. The van der Waals surface area contributed by atoms with Crippen LogP contribution in [0.5, 0.6) is 0 Å². The number of rotatable bonds is 7. The highest BCUT2D eigenvalue weighted by molar-refractivity contribution is 7.99. The maximum absolute atomic E-state index is 5.98. The summed E-state index contributed by atoms with van der Waals surface area (Å²) in [5.41, 5.74) is 6.65. The third kappa shape index (κ3) is 4.04. The third-order valence-electron chi connectivity index (χ3n) is 3.55. The van der Waals surface area contributed by atoms with Crippen molar-refractivity contribution in [1.82, 2.24) is 24.8 Å². The molecule has 0 bridgehead atoms. The zero-order valence-corrected chi connectivity index (χ0v) is 14.8. The van der Waals surface area contributed by atoms with Crippen LogP contribution in [-0.2, 0) is 6.54 Å². The van der Waals surface area contributed by atoms with Crippen LogP contribution in [0.4, 0.5) is 5.82 Å². The van der Waals surface area contributed by atoms with Crippen molar-refractivity contribution < 1.29 is 0 Å². The molecule has 0 fully saturated rings. The molecule has 126 valence electrons. The number of imidazole rings is 1. The fourth-order valence-corrected chi connectivity index (χ4v) is 3.15. The van der Waals surface area contributed by atoms with E-state index >= 15 is 0 Å². The van der Waals surface area contributed by atoms with Crippen molar-refractivity contribution >= 4 is 17.6 Å². The van der Waals surface area contributed by atoms with Gasteiger partial charge in [0.15, 0.2) is 22.5 Å². The van der Waals surface area contributed by atoms with Gasteiger partial charge in [-0.25, -0.2) is 15.0 Å². The van der Waals surface area contributed by atoms with E-state index in [0.29, 0.717) is 22.7 Å². The van der Waals surface area contributed by atoms with Gasteiger partial charge in [-0.05, 0) is 36.9 Å². The number of nitrogens with zero attached hydrogens (tertiary/aromatic N) is 4. The number of fused-ring (bicyclic) bond motifs is 1. The Morgan fingerprint density at radius 3 is 2.75 bits per heavy atom. The molecule has 2 heterocycles. The fraction of sp³-hybridized carbons (Fsp3) is 0.353. The van der Waals surface area contributed by atoms with Crippen molar-refractivity contribution in [2.45, 2.75) is 42.9 Å². The van der Waals surface area contributed by atoms with Gasteiger partial charge < -0.3 is 15.6 Å². The number of anilines is 1. The Bertz CT molecular complexity index is 755. The lowest BCUT2D eigenvalue weighted by Crippen LogP contribution is -2.24. The quantitative estimate of drug-likeness (QED) is 0.643. The molecule has 2 aliphatic heterocycles. The summed E-state index contributed by atoms with van der Waals surface area (Å²) in [6.07, 6.45) is 2.75. The lowest BCUT2D eigenvalue weighted by atomic mass is 10.3. The predicted molar refractivity (Wildman–Crippen MR) is 97.2 cm³/mol. The zero-order valence-electron chi connectivity index (χ0n) is 13.9. The smallest absolute Gasteiger partial charge is 0.195 e. The van der Waals surface area contributed by atoms with Crippen LogP contribution in [0.2, 0.25) is 0 Å². The first-order chi connectivity index (χ1) is 11.6. The third-order valence-corrected chi connectivity index (χ3v) is 4.43. The number of hydrogen-bond acceptors (Lipinski definition) is 6. The van der Waals surface area contributed by atoms with E-state index in [9.17, 15) is 0 Å². The van der Waals surface area contributed by atoms with E-state index in [1.807, 2.05) is 34.9 Å². The van der Waals surface area contributed by atoms with Crippen LogP contribution in [0.1, 0.15) is 20.3 Å². The van der Waals surface area contributed by atoms with Crippen molar-refractivity contribution in [2.75, 3.05) is 12.3 Å². The van der Waals surface area contributed by atoms with E-state index in [-0.39, 0.29) is 0 Å². The molecule has 6 nitrogen and oxygen atoms in total. The molecule has 0 saturated carbocycles. The van der Waals surface area contributed by atoms with E-state index in [2.05, 4.69) is 34.1 Å². The molecule has 3 N–H and O–H groups in total. The van der Waals surface area contributed by atoms with Crippen LogP contribution in [0, 0.1) is 0 Å². The van der Waals surface area contributed by atoms with Gasteiger partial charge >= 0.3 is 0 Å². The summed E-state index contributed by atoms with van der Waals surface area (Å²) < 4.78 is 2.02. The molecule has 7 heteroatoms. The Morgan fingerprint density at radius 1 is 1.21 bits per heavy atom. The molecule has 0 spiro atoms. The van der Waals surface area contributed by atoms with E-state index in [4.69, 9.17) is 5.73 Å². The summed E-state index contributed by atoms with van der Waals surface area (Å²) >= 11 is 1.53. The maximum atomic E-state index is 5.98. The average Bonchev–Trinajstić information content (AvgIpc) is 2.99. The predicted octanol–water partition coefficient (Wildman–Crippen LogP) is 2.90. The molecule has 0 radical (unpaired) electrons. The highest BCUT2D eigenvalue weighted by Gasteiger charge is 2.19.